The Bertz CT molecular complexity index is 880. The van der Waals surface area contributed by atoms with E-state index in [1.54, 1.807) is 18.3 Å². The first kappa shape index (κ1) is 14.3. The molecule has 2 aromatic carbocycles. The second-order valence-corrected chi connectivity index (χ2v) is 5.35. The molecule has 0 aliphatic carbocycles. The molecular weight excluding hydrogens is 281 g/mol. The lowest BCUT2D eigenvalue weighted by molar-refractivity contribution is 0.0699. The molecular formula is C18H16FNO2. The van der Waals surface area contributed by atoms with Crippen molar-refractivity contribution < 1.29 is 14.3 Å². The first-order chi connectivity index (χ1) is 10.5. The third-order valence-corrected chi connectivity index (χ3v) is 3.89. The van der Waals surface area contributed by atoms with Gasteiger partial charge >= 0.3 is 5.97 Å². The molecule has 0 saturated heterocycles. The van der Waals surface area contributed by atoms with Gasteiger partial charge in [0.15, 0.2) is 0 Å². The molecule has 3 nitrogen and oxygen atoms in total. The second kappa shape index (κ2) is 5.30. The zero-order chi connectivity index (χ0) is 15.9. The molecule has 0 atom stereocenters. The van der Waals surface area contributed by atoms with Crippen molar-refractivity contribution >= 4 is 16.9 Å². The Morgan fingerprint density at radius 1 is 1.23 bits per heavy atom. The Morgan fingerprint density at radius 3 is 2.64 bits per heavy atom. The van der Waals surface area contributed by atoms with Gasteiger partial charge in [-0.05, 0) is 43.2 Å². The van der Waals surface area contributed by atoms with Gasteiger partial charge in [0.05, 0.1) is 5.56 Å². The van der Waals surface area contributed by atoms with E-state index in [0.717, 1.165) is 11.1 Å². The number of carbonyl (C=O) groups is 1. The lowest BCUT2D eigenvalue weighted by Gasteiger charge is -2.06. The summed E-state index contributed by atoms with van der Waals surface area (Å²) in [6.45, 7) is 4.47. The molecule has 3 rings (SSSR count). The summed E-state index contributed by atoms with van der Waals surface area (Å²) in [7, 11) is 0. The van der Waals surface area contributed by atoms with E-state index in [9.17, 15) is 14.3 Å². The summed E-state index contributed by atoms with van der Waals surface area (Å²) in [6.07, 6.45) is 1.63. The predicted molar refractivity (Wildman–Crippen MR) is 84.7 cm³/mol. The molecule has 0 radical (unpaired) electrons. The van der Waals surface area contributed by atoms with Gasteiger partial charge in [-0.2, -0.15) is 0 Å². The molecule has 112 valence electrons. The van der Waals surface area contributed by atoms with E-state index < -0.39 is 5.97 Å². The van der Waals surface area contributed by atoms with Gasteiger partial charge in [0.1, 0.15) is 5.82 Å². The summed E-state index contributed by atoms with van der Waals surface area (Å²) in [5.41, 5.74) is 3.10. The third kappa shape index (κ3) is 2.26. The number of benzene rings is 2. The standard InChI is InChI=1S/C18H16FNO2/c1-3-20-10-15(18(21)22)14-9-12(5-7-17(14)20)13-6-4-11(2)8-16(13)19/h4-10H,3H2,1-2H3,(H,21,22). The van der Waals surface area contributed by atoms with Crippen LogP contribution in [0.25, 0.3) is 22.0 Å². The van der Waals surface area contributed by atoms with Crippen LogP contribution in [0.2, 0.25) is 0 Å². The summed E-state index contributed by atoms with van der Waals surface area (Å²) in [6, 6.07) is 10.5. The van der Waals surface area contributed by atoms with E-state index in [-0.39, 0.29) is 11.4 Å². The van der Waals surface area contributed by atoms with Crippen molar-refractivity contribution in [2.75, 3.05) is 0 Å². The Morgan fingerprint density at radius 2 is 2.00 bits per heavy atom. The van der Waals surface area contributed by atoms with Crippen LogP contribution >= 0.6 is 0 Å². The lowest BCUT2D eigenvalue weighted by atomic mass is 10.0. The molecule has 0 aliphatic rings. The van der Waals surface area contributed by atoms with Crippen LogP contribution < -0.4 is 0 Å². The Hall–Kier alpha value is -2.62. The van der Waals surface area contributed by atoms with E-state index in [1.165, 1.54) is 6.07 Å². The van der Waals surface area contributed by atoms with Gasteiger partial charge in [-0.25, -0.2) is 9.18 Å². The van der Waals surface area contributed by atoms with Crippen molar-refractivity contribution in [1.82, 2.24) is 4.57 Å². The van der Waals surface area contributed by atoms with Crippen LogP contribution in [-0.2, 0) is 6.54 Å². The summed E-state index contributed by atoms with van der Waals surface area (Å²) >= 11 is 0. The first-order valence-electron chi connectivity index (χ1n) is 7.14. The van der Waals surface area contributed by atoms with E-state index in [1.807, 2.05) is 36.6 Å². The number of hydrogen-bond acceptors (Lipinski definition) is 1. The summed E-state index contributed by atoms with van der Waals surface area (Å²) in [4.78, 5) is 11.4. The molecule has 0 unspecified atom stereocenters. The van der Waals surface area contributed by atoms with Gasteiger partial charge in [0.25, 0.3) is 0 Å². The van der Waals surface area contributed by atoms with Crippen LogP contribution in [0.15, 0.2) is 42.6 Å². The van der Waals surface area contributed by atoms with Crippen molar-refractivity contribution in [2.45, 2.75) is 20.4 Å². The molecule has 4 heteroatoms. The molecule has 1 N–H and O–H groups in total. The zero-order valence-electron chi connectivity index (χ0n) is 12.4. The minimum atomic E-state index is -0.973. The molecule has 1 heterocycles. The van der Waals surface area contributed by atoms with Crippen molar-refractivity contribution in [3.63, 3.8) is 0 Å². The quantitative estimate of drug-likeness (QED) is 0.774. The minimum absolute atomic E-state index is 0.242. The number of aromatic carboxylic acids is 1. The summed E-state index contributed by atoms with van der Waals surface area (Å²) in [5, 5.41) is 9.99. The highest BCUT2D eigenvalue weighted by Crippen LogP contribution is 2.30. The molecule has 22 heavy (non-hydrogen) atoms. The van der Waals surface area contributed by atoms with Crippen LogP contribution in [0.5, 0.6) is 0 Å². The minimum Gasteiger partial charge on any atom is -0.478 e. The number of nitrogens with zero attached hydrogens (tertiary/aromatic N) is 1. The molecule has 0 amide bonds. The molecule has 1 aromatic heterocycles. The van der Waals surface area contributed by atoms with E-state index >= 15 is 0 Å². The molecule has 0 bridgehead atoms. The van der Waals surface area contributed by atoms with E-state index in [2.05, 4.69) is 0 Å². The lowest BCUT2D eigenvalue weighted by Crippen LogP contribution is -1.94. The summed E-state index contributed by atoms with van der Waals surface area (Å²) < 4.78 is 16.0. The maximum atomic E-state index is 14.1. The predicted octanol–water partition coefficient (Wildman–Crippen LogP) is 4.47. The molecule has 0 spiro atoms. The van der Waals surface area contributed by atoms with Gasteiger partial charge in [-0.1, -0.05) is 18.2 Å². The van der Waals surface area contributed by atoms with Crippen LogP contribution in [0.3, 0.4) is 0 Å². The van der Waals surface area contributed by atoms with E-state index in [0.29, 0.717) is 23.1 Å². The fourth-order valence-electron chi connectivity index (χ4n) is 2.75. The fraction of sp³-hybridized carbons (Fsp3) is 0.167. The van der Waals surface area contributed by atoms with Crippen molar-refractivity contribution in [3.8, 4) is 11.1 Å². The van der Waals surface area contributed by atoms with Crippen LogP contribution in [0.1, 0.15) is 22.8 Å². The van der Waals surface area contributed by atoms with Gasteiger partial charge in [0, 0.05) is 29.2 Å². The second-order valence-electron chi connectivity index (χ2n) is 5.35. The third-order valence-electron chi connectivity index (χ3n) is 3.89. The zero-order valence-corrected chi connectivity index (χ0v) is 12.4. The largest absolute Gasteiger partial charge is 0.478 e. The van der Waals surface area contributed by atoms with Crippen LogP contribution in [0, 0.1) is 12.7 Å². The molecule has 3 aromatic rings. The van der Waals surface area contributed by atoms with Crippen molar-refractivity contribution in [3.05, 3.63) is 59.5 Å². The number of aryl methyl sites for hydroxylation is 2. The van der Waals surface area contributed by atoms with Crippen molar-refractivity contribution in [2.24, 2.45) is 0 Å². The van der Waals surface area contributed by atoms with Crippen LogP contribution in [-0.4, -0.2) is 15.6 Å². The van der Waals surface area contributed by atoms with Crippen LogP contribution in [0.4, 0.5) is 4.39 Å². The molecule has 0 aliphatic heterocycles. The number of aromatic nitrogens is 1. The maximum Gasteiger partial charge on any atom is 0.337 e. The Balaban J connectivity index is 2.25. The van der Waals surface area contributed by atoms with Gasteiger partial charge in [0.2, 0.25) is 0 Å². The number of halogens is 1. The first-order valence-corrected chi connectivity index (χ1v) is 7.14. The highest BCUT2D eigenvalue weighted by Gasteiger charge is 2.15. The summed E-state index contributed by atoms with van der Waals surface area (Å²) in [5.74, 6) is -1.27. The molecule has 0 saturated carbocycles. The van der Waals surface area contributed by atoms with Gasteiger partial charge in [-0.15, -0.1) is 0 Å². The normalized spacial score (nSPS) is 11.0. The SMILES string of the molecule is CCn1cc(C(=O)O)c2cc(-c3ccc(C)cc3F)ccc21. The van der Waals surface area contributed by atoms with Gasteiger partial charge < -0.3 is 9.67 Å². The number of carboxylic acids is 1. The smallest absolute Gasteiger partial charge is 0.337 e. The highest BCUT2D eigenvalue weighted by atomic mass is 19.1. The van der Waals surface area contributed by atoms with Crippen molar-refractivity contribution in [1.29, 1.82) is 0 Å². The Labute approximate surface area is 127 Å². The monoisotopic (exact) mass is 297 g/mol. The van der Waals surface area contributed by atoms with Gasteiger partial charge in [-0.3, -0.25) is 0 Å². The maximum absolute atomic E-state index is 14.1. The number of fused-ring (bicyclic) bond motifs is 1. The fourth-order valence-corrected chi connectivity index (χ4v) is 2.75. The number of rotatable bonds is 3. The number of carboxylic acid groups (broad SMARTS) is 1. The molecule has 0 fully saturated rings. The highest BCUT2D eigenvalue weighted by molar-refractivity contribution is 6.04. The topological polar surface area (TPSA) is 42.2 Å². The average Bonchev–Trinajstić information content (AvgIpc) is 2.85. The number of hydrogen-bond donors (Lipinski definition) is 1. The average molecular weight is 297 g/mol. The Kier molecular flexibility index (Phi) is 3.45. The van der Waals surface area contributed by atoms with E-state index in [4.69, 9.17) is 0 Å².